The normalized spacial score (nSPS) is 10.5. The molecule has 0 aliphatic heterocycles. The maximum atomic E-state index is 8.98. The SMILES string of the molecule is Cc1cn(C)c(-c2ccc(B(O)O)cc2)n1. The van der Waals surface area contributed by atoms with Crippen molar-refractivity contribution < 1.29 is 10.0 Å². The van der Waals surface area contributed by atoms with Gasteiger partial charge in [-0.05, 0) is 12.4 Å². The number of imidazole rings is 1. The number of nitrogens with zero attached hydrogens (tertiary/aromatic N) is 2. The molecule has 0 radical (unpaired) electrons. The van der Waals surface area contributed by atoms with E-state index in [-0.39, 0.29) is 0 Å². The monoisotopic (exact) mass is 216 g/mol. The van der Waals surface area contributed by atoms with Crippen LogP contribution in [0.25, 0.3) is 11.4 Å². The van der Waals surface area contributed by atoms with Crippen molar-refractivity contribution in [2.24, 2.45) is 7.05 Å². The molecule has 0 aliphatic carbocycles. The zero-order chi connectivity index (χ0) is 11.7. The molecule has 0 spiro atoms. The lowest BCUT2D eigenvalue weighted by atomic mass is 9.80. The van der Waals surface area contributed by atoms with Gasteiger partial charge >= 0.3 is 7.12 Å². The van der Waals surface area contributed by atoms with Gasteiger partial charge in [0.15, 0.2) is 0 Å². The van der Waals surface area contributed by atoms with E-state index < -0.39 is 7.12 Å². The molecule has 0 fully saturated rings. The molecule has 0 amide bonds. The van der Waals surface area contributed by atoms with Crippen LogP contribution in [0.5, 0.6) is 0 Å². The van der Waals surface area contributed by atoms with Crippen molar-refractivity contribution in [1.29, 1.82) is 0 Å². The quantitative estimate of drug-likeness (QED) is 0.698. The second-order valence-electron chi connectivity index (χ2n) is 3.81. The van der Waals surface area contributed by atoms with Crippen LogP contribution in [-0.4, -0.2) is 26.7 Å². The highest BCUT2D eigenvalue weighted by Gasteiger charge is 2.11. The van der Waals surface area contributed by atoms with Gasteiger partial charge in [-0.25, -0.2) is 4.98 Å². The third-order valence-electron chi connectivity index (χ3n) is 2.46. The Bertz CT molecular complexity index is 491. The van der Waals surface area contributed by atoms with Crippen LogP contribution in [0.2, 0.25) is 0 Å². The van der Waals surface area contributed by atoms with E-state index in [9.17, 15) is 0 Å². The van der Waals surface area contributed by atoms with E-state index in [4.69, 9.17) is 10.0 Å². The van der Waals surface area contributed by atoms with Crippen molar-refractivity contribution in [3.8, 4) is 11.4 Å². The lowest BCUT2D eigenvalue weighted by Crippen LogP contribution is -2.29. The predicted molar refractivity (Wildman–Crippen MR) is 63.2 cm³/mol. The fraction of sp³-hybridized carbons (Fsp3) is 0.182. The van der Waals surface area contributed by atoms with E-state index in [1.807, 2.05) is 36.9 Å². The van der Waals surface area contributed by atoms with E-state index in [0.29, 0.717) is 5.46 Å². The first-order chi connectivity index (χ1) is 7.58. The smallest absolute Gasteiger partial charge is 0.423 e. The summed E-state index contributed by atoms with van der Waals surface area (Å²) in [6.45, 7) is 1.94. The largest absolute Gasteiger partial charge is 0.488 e. The Morgan fingerprint density at radius 1 is 1.19 bits per heavy atom. The Hall–Kier alpha value is -1.59. The Morgan fingerprint density at radius 2 is 1.81 bits per heavy atom. The van der Waals surface area contributed by atoms with Gasteiger partial charge in [0.2, 0.25) is 0 Å². The van der Waals surface area contributed by atoms with E-state index >= 15 is 0 Å². The lowest BCUT2D eigenvalue weighted by Gasteiger charge is -2.03. The van der Waals surface area contributed by atoms with Crippen LogP contribution in [0.1, 0.15) is 5.69 Å². The summed E-state index contributed by atoms with van der Waals surface area (Å²) in [5.41, 5.74) is 2.40. The Morgan fingerprint density at radius 3 is 2.25 bits per heavy atom. The van der Waals surface area contributed by atoms with Gasteiger partial charge in [0.1, 0.15) is 5.82 Å². The zero-order valence-corrected chi connectivity index (χ0v) is 9.25. The molecule has 0 saturated carbocycles. The summed E-state index contributed by atoms with van der Waals surface area (Å²) in [6, 6.07) is 7.03. The molecule has 1 aromatic carbocycles. The van der Waals surface area contributed by atoms with Gasteiger partial charge in [-0.2, -0.15) is 0 Å². The van der Waals surface area contributed by atoms with Gasteiger partial charge in [0.25, 0.3) is 0 Å². The standard InChI is InChI=1S/C11H13BN2O2/c1-8-7-14(2)11(13-8)9-3-5-10(6-4-9)12(15)16/h3-7,15-16H,1-2H3. The number of hydrogen-bond acceptors (Lipinski definition) is 3. The Labute approximate surface area is 94.3 Å². The first-order valence-electron chi connectivity index (χ1n) is 5.04. The minimum absolute atomic E-state index is 0.481. The number of benzene rings is 1. The van der Waals surface area contributed by atoms with Crippen LogP contribution in [0.15, 0.2) is 30.5 Å². The molecule has 2 N–H and O–H groups in total. The van der Waals surface area contributed by atoms with Crippen LogP contribution in [0.3, 0.4) is 0 Å². The molecular weight excluding hydrogens is 203 g/mol. The molecule has 0 aliphatic rings. The van der Waals surface area contributed by atoms with Crippen molar-refractivity contribution in [3.05, 3.63) is 36.2 Å². The summed E-state index contributed by atoms with van der Waals surface area (Å²) in [7, 11) is 0.515. The molecule has 1 aromatic heterocycles. The van der Waals surface area contributed by atoms with Crippen molar-refractivity contribution >= 4 is 12.6 Å². The van der Waals surface area contributed by atoms with Crippen LogP contribution in [0.4, 0.5) is 0 Å². The van der Waals surface area contributed by atoms with Gasteiger partial charge < -0.3 is 14.6 Å². The summed E-state index contributed by atoms with van der Waals surface area (Å²) in [5, 5.41) is 18.0. The van der Waals surface area contributed by atoms with Crippen molar-refractivity contribution in [2.45, 2.75) is 6.92 Å². The number of aromatic nitrogens is 2. The average Bonchev–Trinajstić information content (AvgIpc) is 2.58. The van der Waals surface area contributed by atoms with E-state index in [1.165, 1.54) is 0 Å². The predicted octanol–water partition coefficient (Wildman–Crippen LogP) is 0.0753. The lowest BCUT2D eigenvalue weighted by molar-refractivity contribution is 0.426. The van der Waals surface area contributed by atoms with Crippen LogP contribution >= 0.6 is 0 Å². The van der Waals surface area contributed by atoms with Gasteiger partial charge in [-0.15, -0.1) is 0 Å². The highest BCUT2D eigenvalue weighted by atomic mass is 16.4. The second-order valence-corrected chi connectivity index (χ2v) is 3.81. The highest BCUT2D eigenvalue weighted by Crippen LogP contribution is 2.16. The number of hydrogen-bond donors (Lipinski definition) is 2. The molecule has 4 nitrogen and oxygen atoms in total. The molecular formula is C11H13BN2O2. The van der Waals surface area contributed by atoms with E-state index in [0.717, 1.165) is 17.1 Å². The Balaban J connectivity index is 2.38. The van der Waals surface area contributed by atoms with Crippen LogP contribution in [0, 0.1) is 6.92 Å². The van der Waals surface area contributed by atoms with Crippen molar-refractivity contribution in [3.63, 3.8) is 0 Å². The molecule has 2 aromatic rings. The third-order valence-corrected chi connectivity index (χ3v) is 2.46. The molecule has 2 rings (SSSR count). The average molecular weight is 216 g/mol. The maximum absolute atomic E-state index is 8.98. The minimum Gasteiger partial charge on any atom is -0.423 e. The summed E-state index contributed by atoms with van der Waals surface area (Å²) in [6.07, 6.45) is 1.95. The fourth-order valence-electron chi connectivity index (χ4n) is 1.69. The fourth-order valence-corrected chi connectivity index (χ4v) is 1.69. The first kappa shape index (κ1) is 10.9. The molecule has 0 atom stereocenters. The van der Waals surface area contributed by atoms with Crippen molar-refractivity contribution in [1.82, 2.24) is 9.55 Å². The van der Waals surface area contributed by atoms with Gasteiger partial charge in [-0.3, -0.25) is 0 Å². The molecule has 0 saturated heterocycles. The van der Waals surface area contributed by atoms with Gasteiger partial charge in [0, 0.05) is 18.8 Å². The van der Waals surface area contributed by atoms with Crippen LogP contribution < -0.4 is 5.46 Å². The molecule has 5 heteroatoms. The second kappa shape index (κ2) is 4.12. The molecule has 0 bridgehead atoms. The maximum Gasteiger partial charge on any atom is 0.488 e. The van der Waals surface area contributed by atoms with Crippen LogP contribution in [-0.2, 0) is 7.05 Å². The minimum atomic E-state index is -1.42. The Kier molecular flexibility index (Phi) is 2.81. The topological polar surface area (TPSA) is 58.3 Å². The number of aryl methyl sites for hydroxylation is 2. The van der Waals surface area contributed by atoms with Gasteiger partial charge in [0.05, 0.1) is 5.69 Å². The number of rotatable bonds is 2. The summed E-state index contributed by atoms with van der Waals surface area (Å²) < 4.78 is 1.94. The van der Waals surface area contributed by atoms with Gasteiger partial charge in [-0.1, -0.05) is 24.3 Å². The van der Waals surface area contributed by atoms with E-state index in [1.54, 1.807) is 12.1 Å². The molecule has 1 heterocycles. The summed E-state index contributed by atoms with van der Waals surface area (Å²) in [5.74, 6) is 0.872. The van der Waals surface area contributed by atoms with Crippen molar-refractivity contribution in [2.75, 3.05) is 0 Å². The molecule has 82 valence electrons. The summed E-state index contributed by atoms with van der Waals surface area (Å²) >= 11 is 0. The first-order valence-corrected chi connectivity index (χ1v) is 5.04. The third kappa shape index (κ3) is 2.00. The van der Waals surface area contributed by atoms with E-state index in [2.05, 4.69) is 4.98 Å². The molecule has 16 heavy (non-hydrogen) atoms. The zero-order valence-electron chi connectivity index (χ0n) is 9.25. The summed E-state index contributed by atoms with van der Waals surface area (Å²) in [4.78, 5) is 4.39. The highest BCUT2D eigenvalue weighted by molar-refractivity contribution is 6.58. The molecule has 0 unspecified atom stereocenters.